The average Bonchev–Trinajstić information content (AvgIpc) is 2.85. The van der Waals surface area contributed by atoms with Crippen LogP contribution < -0.4 is 16.0 Å². The van der Waals surface area contributed by atoms with Gasteiger partial charge in [-0.15, -0.1) is 0 Å². The average molecular weight is 302 g/mol. The number of nitrogens with two attached hydrogens (primary N) is 1. The quantitative estimate of drug-likeness (QED) is 0.553. The Bertz CT molecular complexity index is 535. The maximum absolute atomic E-state index is 12.4. The Labute approximate surface area is 117 Å². The van der Waals surface area contributed by atoms with E-state index in [1.807, 2.05) is 6.26 Å². The van der Waals surface area contributed by atoms with E-state index in [-0.39, 0.29) is 10.9 Å². The molecule has 1 fully saturated rings. The van der Waals surface area contributed by atoms with E-state index in [0.29, 0.717) is 10.9 Å². The van der Waals surface area contributed by atoms with Crippen LogP contribution >= 0.6 is 11.8 Å². The first kappa shape index (κ1) is 14.6. The number of anilines is 1. The molecule has 4 N–H and O–H groups in total. The maximum Gasteiger partial charge on any atom is 0.244 e. The van der Waals surface area contributed by atoms with E-state index in [1.54, 1.807) is 11.8 Å². The standard InChI is InChI=1S/C11H18N4O2S2/c1-18-10-4-2-3-8(10)15-19(16,17)11-7-13-6-5-9(11)14-12/h5-8,10,15H,2-4,12H2,1H3,(H,13,14). The summed E-state index contributed by atoms with van der Waals surface area (Å²) in [6.07, 6.45) is 7.77. The summed E-state index contributed by atoms with van der Waals surface area (Å²) in [7, 11) is -3.60. The predicted octanol–water partition coefficient (Wildman–Crippen LogP) is 0.930. The molecular formula is C11H18N4O2S2. The zero-order valence-electron chi connectivity index (χ0n) is 10.7. The van der Waals surface area contributed by atoms with Gasteiger partial charge in [0.25, 0.3) is 0 Å². The lowest BCUT2D eigenvalue weighted by atomic mass is 10.3. The predicted molar refractivity (Wildman–Crippen MR) is 77.3 cm³/mol. The highest BCUT2D eigenvalue weighted by atomic mass is 32.2. The third-order valence-electron chi connectivity index (χ3n) is 3.29. The number of nitrogens with one attached hydrogen (secondary N) is 2. The number of pyridine rings is 1. The number of aromatic nitrogens is 1. The number of rotatable bonds is 5. The molecule has 0 radical (unpaired) electrons. The second-order valence-electron chi connectivity index (χ2n) is 4.45. The second-order valence-corrected chi connectivity index (χ2v) is 7.21. The van der Waals surface area contributed by atoms with Crippen molar-refractivity contribution < 1.29 is 8.42 Å². The molecule has 2 atom stereocenters. The topological polar surface area (TPSA) is 97.1 Å². The minimum absolute atomic E-state index is 0.0224. The van der Waals surface area contributed by atoms with Crippen LogP contribution in [0.4, 0.5) is 5.69 Å². The molecule has 1 heterocycles. The SMILES string of the molecule is CSC1CCCC1NS(=O)(=O)c1cnccc1NN. The lowest BCUT2D eigenvalue weighted by Gasteiger charge is -2.19. The summed E-state index contributed by atoms with van der Waals surface area (Å²) in [5.41, 5.74) is 2.74. The van der Waals surface area contributed by atoms with Gasteiger partial charge in [-0.2, -0.15) is 11.8 Å². The molecule has 2 rings (SSSR count). The van der Waals surface area contributed by atoms with Gasteiger partial charge in [-0.3, -0.25) is 10.8 Å². The summed E-state index contributed by atoms with van der Waals surface area (Å²) < 4.78 is 27.5. The van der Waals surface area contributed by atoms with Gasteiger partial charge < -0.3 is 5.43 Å². The number of hydrogen-bond donors (Lipinski definition) is 3. The van der Waals surface area contributed by atoms with Gasteiger partial charge >= 0.3 is 0 Å². The molecule has 1 aromatic rings. The fraction of sp³-hybridized carbons (Fsp3) is 0.545. The number of hydrazine groups is 1. The first-order chi connectivity index (χ1) is 9.08. The van der Waals surface area contributed by atoms with Gasteiger partial charge in [-0.05, 0) is 25.2 Å². The Morgan fingerprint density at radius 2 is 2.26 bits per heavy atom. The largest absolute Gasteiger partial charge is 0.323 e. The van der Waals surface area contributed by atoms with E-state index in [4.69, 9.17) is 5.84 Å². The van der Waals surface area contributed by atoms with E-state index in [2.05, 4.69) is 15.1 Å². The molecule has 8 heteroatoms. The van der Waals surface area contributed by atoms with Crippen molar-refractivity contribution in [1.82, 2.24) is 9.71 Å². The van der Waals surface area contributed by atoms with Crippen molar-refractivity contribution >= 4 is 27.5 Å². The van der Waals surface area contributed by atoms with Crippen LogP contribution in [-0.4, -0.2) is 30.9 Å². The third kappa shape index (κ3) is 3.19. The number of nitrogens with zero attached hydrogens (tertiary/aromatic N) is 1. The normalized spacial score (nSPS) is 23.5. The molecule has 0 spiro atoms. The molecule has 0 bridgehead atoms. The van der Waals surface area contributed by atoms with Gasteiger partial charge in [0.1, 0.15) is 4.90 Å². The fourth-order valence-corrected chi connectivity index (χ4v) is 4.76. The molecule has 0 aromatic carbocycles. The molecule has 106 valence electrons. The van der Waals surface area contributed by atoms with Crippen LogP contribution in [-0.2, 0) is 10.0 Å². The van der Waals surface area contributed by atoms with Crippen molar-refractivity contribution in [2.24, 2.45) is 5.84 Å². The Kier molecular flexibility index (Phi) is 4.67. The molecular weight excluding hydrogens is 284 g/mol. The van der Waals surface area contributed by atoms with Crippen molar-refractivity contribution in [3.8, 4) is 0 Å². The highest BCUT2D eigenvalue weighted by Gasteiger charge is 2.31. The van der Waals surface area contributed by atoms with Gasteiger partial charge in [0.2, 0.25) is 10.0 Å². The van der Waals surface area contributed by atoms with E-state index in [1.165, 1.54) is 18.5 Å². The van der Waals surface area contributed by atoms with Crippen LogP contribution in [0.5, 0.6) is 0 Å². The smallest absolute Gasteiger partial charge is 0.244 e. The zero-order valence-corrected chi connectivity index (χ0v) is 12.3. The van der Waals surface area contributed by atoms with Crippen LogP contribution in [0.15, 0.2) is 23.4 Å². The highest BCUT2D eigenvalue weighted by molar-refractivity contribution is 7.99. The van der Waals surface area contributed by atoms with Crippen LogP contribution in [0.1, 0.15) is 19.3 Å². The van der Waals surface area contributed by atoms with E-state index in [0.717, 1.165) is 19.3 Å². The molecule has 0 saturated heterocycles. The lowest BCUT2D eigenvalue weighted by molar-refractivity contribution is 0.555. The summed E-state index contributed by atoms with van der Waals surface area (Å²) in [5.74, 6) is 5.33. The summed E-state index contributed by atoms with van der Waals surface area (Å²) in [6, 6.07) is 1.51. The Hall–Kier alpha value is -0.830. The van der Waals surface area contributed by atoms with Crippen molar-refractivity contribution in [2.45, 2.75) is 35.4 Å². The van der Waals surface area contributed by atoms with Crippen LogP contribution in [0, 0.1) is 0 Å². The molecule has 0 aliphatic heterocycles. The van der Waals surface area contributed by atoms with Gasteiger partial charge in [-0.25, -0.2) is 13.1 Å². The zero-order chi connectivity index (χ0) is 13.9. The third-order valence-corrected chi connectivity index (χ3v) is 5.98. The van der Waals surface area contributed by atoms with Crippen molar-refractivity contribution in [3.05, 3.63) is 18.5 Å². The Balaban J connectivity index is 2.23. The highest BCUT2D eigenvalue weighted by Crippen LogP contribution is 2.30. The van der Waals surface area contributed by atoms with Crippen molar-refractivity contribution in [3.63, 3.8) is 0 Å². The molecule has 1 aliphatic rings. The van der Waals surface area contributed by atoms with Gasteiger partial charge in [-0.1, -0.05) is 6.42 Å². The minimum Gasteiger partial charge on any atom is -0.323 e. The molecule has 1 saturated carbocycles. The summed E-state index contributed by atoms with van der Waals surface area (Å²) in [5, 5.41) is 0.334. The Morgan fingerprint density at radius 1 is 1.47 bits per heavy atom. The van der Waals surface area contributed by atoms with Crippen LogP contribution in [0.2, 0.25) is 0 Å². The second kappa shape index (κ2) is 6.08. The van der Waals surface area contributed by atoms with Gasteiger partial charge in [0.15, 0.2) is 0 Å². The monoisotopic (exact) mass is 302 g/mol. The molecule has 6 nitrogen and oxygen atoms in total. The molecule has 19 heavy (non-hydrogen) atoms. The number of sulfonamides is 1. The first-order valence-corrected chi connectivity index (χ1v) is 8.81. The number of hydrogen-bond acceptors (Lipinski definition) is 6. The molecule has 1 aliphatic carbocycles. The summed E-state index contributed by atoms with van der Waals surface area (Å²) >= 11 is 1.70. The van der Waals surface area contributed by atoms with E-state index in [9.17, 15) is 8.42 Å². The molecule has 1 aromatic heterocycles. The fourth-order valence-electron chi connectivity index (χ4n) is 2.32. The van der Waals surface area contributed by atoms with Gasteiger partial charge in [0, 0.05) is 23.7 Å². The van der Waals surface area contributed by atoms with E-state index < -0.39 is 10.0 Å². The number of thioether (sulfide) groups is 1. The lowest BCUT2D eigenvalue weighted by Crippen LogP contribution is -2.39. The van der Waals surface area contributed by atoms with Crippen molar-refractivity contribution in [2.75, 3.05) is 11.7 Å². The Morgan fingerprint density at radius 3 is 2.95 bits per heavy atom. The minimum atomic E-state index is -3.60. The molecule has 2 unspecified atom stereocenters. The van der Waals surface area contributed by atoms with Gasteiger partial charge in [0.05, 0.1) is 5.69 Å². The first-order valence-electron chi connectivity index (χ1n) is 6.04. The van der Waals surface area contributed by atoms with Crippen LogP contribution in [0.25, 0.3) is 0 Å². The van der Waals surface area contributed by atoms with Crippen LogP contribution in [0.3, 0.4) is 0 Å². The molecule has 0 amide bonds. The maximum atomic E-state index is 12.4. The summed E-state index contributed by atoms with van der Waals surface area (Å²) in [4.78, 5) is 3.94. The number of nitrogen functional groups attached to an aromatic ring is 1. The van der Waals surface area contributed by atoms with Crippen molar-refractivity contribution in [1.29, 1.82) is 0 Å². The summed E-state index contributed by atoms with van der Waals surface area (Å²) in [6.45, 7) is 0. The van der Waals surface area contributed by atoms with E-state index >= 15 is 0 Å².